The smallest absolute Gasteiger partial charge is 0.229 e. The van der Waals surface area contributed by atoms with Crippen LogP contribution >= 0.6 is 22.9 Å². The van der Waals surface area contributed by atoms with Crippen LogP contribution in [0, 0.1) is 0 Å². The number of benzene rings is 1. The van der Waals surface area contributed by atoms with Crippen LogP contribution in [-0.2, 0) is 11.3 Å². The van der Waals surface area contributed by atoms with E-state index in [1.807, 2.05) is 31.2 Å². The van der Waals surface area contributed by atoms with Crippen molar-refractivity contribution in [1.82, 2.24) is 4.98 Å². The van der Waals surface area contributed by atoms with Crippen LogP contribution in [0.15, 0.2) is 41.0 Å². The van der Waals surface area contributed by atoms with E-state index in [1.165, 1.54) is 11.3 Å². The highest BCUT2D eigenvalue weighted by Crippen LogP contribution is 2.32. The molecule has 0 aliphatic rings. The van der Waals surface area contributed by atoms with Gasteiger partial charge in [0, 0.05) is 11.4 Å². The van der Waals surface area contributed by atoms with Gasteiger partial charge in [0.05, 0.1) is 23.0 Å². The van der Waals surface area contributed by atoms with Crippen LogP contribution in [0.25, 0.3) is 10.2 Å². The first-order valence-electron chi connectivity index (χ1n) is 7.06. The predicted octanol–water partition coefficient (Wildman–Crippen LogP) is 4.88. The van der Waals surface area contributed by atoms with Crippen molar-refractivity contribution in [2.75, 3.05) is 4.90 Å². The number of anilines is 1. The fourth-order valence-electron chi connectivity index (χ4n) is 2.17. The van der Waals surface area contributed by atoms with Gasteiger partial charge in [0.2, 0.25) is 5.91 Å². The number of nitrogens with zero attached hydrogens (tertiary/aromatic N) is 2. The van der Waals surface area contributed by atoms with E-state index in [-0.39, 0.29) is 5.91 Å². The Kier molecular flexibility index (Phi) is 4.45. The molecule has 0 saturated heterocycles. The molecule has 2 heterocycles. The van der Waals surface area contributed by atoms with E-state index < -0.39 is 0 Å². The van der Waals surface area contributed by atoms with Crippen molar-refractivity contribution in [3.8, 4) is 0 Å². The minimum Gasteiger partial charge on any atom is -0.467 e. The summed E-state index contributed by atoms with van der Waals surface area (Å²) in [6, 6.07) is 9.21. The highest BCUT2D eigenvalue weighted by atomic mass is 35.5. The molecule has 0 bridgehead atoms. The number of thiazole rings is 1. The first kappa shape index (κ1) is 15.1. The molecule has 6 heteroatoms. The molecule has 1 amide bonds. The molecular weight excluding hydrogens is 320 g/mol. The minimum absolute atomic E-state index is 0.0454. The van der Waals surface area contributed by atoms with Crippen LogP contribution in [0.5, 0.6) is 0 Å². The van der Waals surface area contributed by atoms with Gasteiger partial charge in [0.25, 0.3) is 0 Å². The molecule has 0 aliphatic carbocycles. The summed E-state index contributed by atoms with van der Waals surface area (Å²) in [7, 11) is 0. The molecule has 0 radical (unpaired) electrons. The van der Waals surface area contributed by atoms with Crippen molar-refractivity contribution in [1.29, 1.82) is 0 Å². The first-order valence-corrected chi connectivity index (χ1v) is 8.25. The number of amides is 1. The zero-order chi connectivity index (χ0) is 15.5. The second kappa shape index (κ2) is 6.50. The number of carbonyl (C=O) groups excluding carboxylic acids is 1. The van der Waals surface area contributed by atoms with Crippen LogP contribution in [0.2, 0.25) is 5.02 Å². The number of fused-ring (bicyclic) bond motifs is 1. The summed E-state index contributed by atoms with van der Waals surface area (Å²) in [4.78, 5) is 18.7. The molecule has 22 heavy (non-hydrogen) atoms. The molecule has 0 atom stereocenters. The maximum atomic E-state index is 12.4. The van der Waals surface area contributed by atoms with Crippen LogP contribution in [-0.4, -0.2) is 10.9 Å². The van der Waals surface area contributed by atoms with Crippen LogP contribution in [0.3, 0.4) is 0 Å². The summed E-state index contributed by atoms with van der Waals surface area (Å²) in [5, 5.41) is 1.34. The lowest BCUT2D eigenvalue weighted by atomic mass is 10.3. The second-order valence-corrected chi connectivity index (χ2v) is 6.36. The zero-order valence-electron chi connectivity index (χ0n) is 12.1. The van der Waals surface area contributed by atoms with E-state index in [1.54, 1.807) is 17.2 Å². The third kappa shape index (κ3) is 3.15. The highest BCUT2D eigenvalue weighted by Gasteiger charge is 2.20. The van der Waals surface area contributed by atoms with Gasteiger partial charge in [-0.25, -0.2) is 4.98 Å². The minimum atomic E-state index is 0.0454. The summed E-state index contributed by atoms with van der Waals surface area (Å²) < 4.78 is 6.34. The molecule has 2 aromatic heterocycles. The van der Waals surface area contributed by atoms with Crippen molar-refractivity contribution in [2.45, 2.75) is 26.3 Å². The first-order chi connectivity index (χ1) is 10.7. The zero-order valence-corrected chi connectivity index (χ0v) is 13.7. The van der Waals surface area contributed by atoms with E-state index in [2.05, 4.69) is 4.98 Å². The molecule has 0 aliphatic heterocycles. The standard InChI is InChI=1S/C16H15ClN2O2S/c1-2-4-15(20)19(10-12-5-3-8-21-12)16-18-13-7-6-11(17)9-14(13)22-16/h3,5-9H,2,4,10H2,1H3. The molecule has 0 saturated carbocycles. The van der Waals surface area contributed by atoms with Crippen LogP contribution < -0.4 is 4.90 Å². The number of hydrogen-bond acceptors (Lipinski definition) is 4. The molecule has 3 rings (SSSR count). The van der Waals surface area contributed by atoms with E-state index in [0.29, 0.717) is 23.1 Å². The molecule has 114 valence electrons. The fraction of sp³-hybridized carbons (Fsp3) is 0.250. The molecule has 0 fully saturated rings. The van der Waals surface area contributed by atoms with E-state index in [4.69, 9.17) is 16.0 Å². The van der Waals surface area contributed by atoms with Gasteiger partial charge < -0.3 is 4.42 Å². The van der Waals surface area contributed by atoms with Crippen molar-refractivity contribution in [3.05, 3.63) is 47.4 Å². The Balaban J connectivity index is 1.96. The molecule has 4 nitrogen and oxygen atoms in total. The molecule has 0 spiro atoms. The van der Waals surface area contributed by atoms with E-state index in [9.17, 15) is 4.79 Å². The van der Waals surface area contributed by atoms with Crippen LogP contribution in [0.4, 0.5) is 5.13 Å². The van der Waals surface area contributed by atoms with E-state index in [0.717, 1.165) is 22.4 Å². The number of carbonyl (C=O) groups is 1. The van der Waals surface area contributed by atoms with Gasteiger partial charge in [-0.3, -0.25) is 9.69 Å². The third-order valence-electron chi connectivity index (χ3n) is 3.23. The highest BCUT2D eigenvalue weighted by molar-refractivity contribution is 7.22. The number of hydrogen-bond donors (Lipinski definition) is 0. The number of halogens is 1. The van der Waals surface area contributed by atoms with Crippen molar-refractivity contribution < 1.29 is 9.21 Å². The number of furan rings is 1. The number of rotatable bonds is 5. The van der Waals surface area contributed by atoms with Crippen molar-refractivity contribution in [2.24, 2.45) is 0 Å². The van der Waals surface area contributed by atoms with Crippen LogP contribution in [0.1, 0.15) is 25.5 Å². The Bertz CT molecular complexity index is 783. The summed E-state index contributed by atoms with van der Waals surface area (Å²) in [5.41, 5.74) is 0.846. The molecule has 0 unspecified atom stereocenters. The Morgan fingerprint density at radius 2 is 2.27 bits per heavy atom. The molecule has 1 aromatic carbocycles. The fourth-order valence-corrected chi connectivity index (χ4v) is 3.43. The molecular formula is C16H15ClN2O2S. The van der Waals surface area contributed by atoms with Crippen molar-refractivity contribution >= 4 is 44.2 Å². The summed E-state index contributed by atoms with van der Waals surface area (Å²) >= 11 is 7.48. The third-order valence-corrected chi connectivity index (χ3v) is 4.51. The van der Waals surface area contributed by atoms with Gasteiger partial charge >= 0.3 is 0 Å². The quantitative estimate of drug-likeness (QED) is 0.668. The maximum absolute atomic E-state index is 12.4. The van der Waals surface area contributed by atoms with Gasteiger partial charge in [0.1, 0.15) is 5.76 Å². The average molecular weight is 335 g/mol. The van der Waals surface area contributed by atoms with Gasteiger partial charge in [-0.05, 0) is 36.8 Å². The Labute approximate surface area is 137 Å². The maximum Gasteiger partial charge on any atom is 0.229 e. The lowest BCUT2D eigenvalue weighted by Gasteiger charge is -2.18. The van der Waals surface area contributed by atoms with E-state index >= 15 is 0 Å². The van der Waals surface area contributed by atoms with Gasteiger partial charge in [-0.1, -0.05) is 29.9 Å². The van der Waals surface area contributed by atoms with Crippen molar-refractivity contribution in [3.63, 3.8) is 0 Å². The summed E-state index contributed by atoms with van der Waals surface area (Å²) in [6.45, 7) is 2.38. The molecule has 0 N–H and O–H groups in total. The van der Waals surface area contributed by atoms with Gasteiger partial charge in [-0.15, -0.1) is 0 Å². The summed E-state index contributed by atoms with van der Waals surface area (Å²) in [5.74, 6) is 0.783. The Hall–Kier alpha value is -1.85. The lowest BCUT2D eigenvalue weighted by molar-refractivity contribution is -0.118. The van der Waals surface area contributed by atoms with Gasteiger partial charge in [-0.2, -0.15) is 0 Å². The number of aromatic nitrogens is 1. The Morgan fingerprint density at radius 1 is 1.41 bits per heavy atom. The SMILES string of the molecule is CCCC(=O)N(Cc1ccco1)c1nc2ccc(Cl)cc2s1. The predicted molar refractivity (Wildman–Crippen MR) is 89.4 cm³/mol. The van der Waals surface area contributed by atoms with Gasteiger partial charge in [0.15, 0.2) is 5.13 Å². The normalized spacial score (nSPS) is 11.0. The summed E-state index contributed by atoms with van der Waals surface area (Å²) in [6.07, 6.45) is 2.89. The lowest BCUT2D eigenvalue weighted by Crippen LogP contribution is -2.29. The average Bonchev–Trinajstić information content (AvgIpc) is 3.13. The largest absolute Gasteiger partial charge is 0.467 e. The monoisotopic (exact) mass is 334 g/mol. The topological polar surface area (TPSA) is 46.3 Å². The molecule has 3 aromatic rings. The Morgan fingerprint density at radius 3 is 3.00 bits per heavy atom. The second-order valence-electron chi connectivity index (χ2n) is 4.92.